The zero-order chi connectivity index (χ0) is 11.5. The molecule has 1 unspecified atom stereocenters. The zero-order valence-electron chi connectivity index (χ0n) is 9.89. The van der Waals surface area contributed by atoms with Gasteiger partial charge in [0.15, 0.2) is 5.96 Å². The fourth-order valence-corrected chi connectivity index (χ4v) is 2.80. The second kappa shape index (κ2) is 4.87. The third-order valence-electron chi connectivity index (χ3n) is 2.85. The van der Waals surface area contributed by atoms with Crippen LogP contribution in [-0.2, 0) is 6.54 Å². The van der Waals surface area contributed by atoms with Gasteiger partial charge in [-0.2, -0.15) is 0 Å². The van der Waals surface area contributed by atoms with Crippen molar-refractivity contribution in [2.24, 2.45) is 16.6 Å². The Morgan fingerprint density at radius 1 is 1.62 bits per heavy atom. The predicted molar refractivity (Wildman–Crippen MR) is 69.6 cm³/mol. The summed E-state index contributed by atoms with van der Waals surface area (Å²) < 4.78 is 0. The van der Waals surface area contributed by atoms with Gasteiger partial charge in [0, 0.05) is 4.88 Å². The Kier molecular flexibility index (Phi) is 3.49. The van der Waals surface area contributed by atoms with Crippen LogP contribution in [0, 0.1) is 5.92 Å². The summed E-state index contributed by atoms with van der Waals surface area (Å²) in [7, 11) is 0. The molecule has 0 bridgehead atoms. The van der Waals surface area contributed by atoms with Crippen molar-refractivity contribution in [3.05, 3.63) is 22.4 Å². The van der Waals surface area contributed by atoms with Gasteiger partial charge >= 0.3 is 0 Å². The summed E-state index contributed by atoms with van der Waals surface area (Å²) >= 11 is 1.78. The van der Waals surface area contributed by atoms with E-state index in [-0.39, 0.29) is 0 Å². The van der Waals surface area contributed by atoms with Crippen LogP contribution >= 0.6 is 11.3 Å². The minimum atomic E-state index is 0.488. The first-order valence-electron chi connectivity index (χ1n) is 5.75. The third kappa shape index (κ3) is 2.55. The van der Waals surface area contributed by atoms with Crippen molar-refractivity contribution in [1.29, 1.82) is 0 Å². The summed E-state index contributed by atoms with van der Waals surface area (Å²) in [6, 6.07) is 4.73. The summed E-state index contributed by atoms with van der Waals surface area (Å²) in [5.41, 5.74) is 5.94. The first-order chi connectivity index (χ1) is 7.66. The molecule has 1 atom stereocenters. The van der Waals surface area contributed by atoms with E-state index in [1.807, 2.05) is 0 Å². The average Bonchev–Trinajstić information content (AvgIpc) is 2.82. The van der Waals surface area contributed by atoms with Crippen molar-refractivity contribution in [3.8, 4) is 0 Å². The van der Waals surface area contributed by atoms with Crippen molar-refractivity contribution < 1.29 is 0 Å². The normalized spacial score (nSPS) is 20.6. The fraction of sp³-hybridized carbons (Fsp3) is 0.583. The van der Waals surface area contributed by atoms with Crippen LogP contribution in [0.4, 0.5) is 0 Å². The number of rotatable bonds is 4. The van der Waals surface area contributed by atoms with Crippen LogP contribution in [0.25, 0.3) is 0 Å². The van der Waals surface area contributed by atoms with Crippen LogP contribution < -0.4 is 5.73 Å². The Balaban J connectivity index is 2.01. The summed E-state index contributed by atoms with van der Waals surface area (Å²) in [4.78, 5) is 7.95. The molecule has 4 heteroatoms. The molecule has 2 heterocycles. The van der Waals surface area contributed by atoms with Crippen molar-refractivity contribution in [2.45, 2.75) is 32.9 Å². The van der Waals surface area contributed by atoms with Gasteiger partial charge in [-0.3, -0.25) is 4.99 Å². The Labute approximate surface area is 101 Å². The lowest BCUT2D eigenvalue weighted by molar-refractivity contribution is 0.292. The number of guanidine groups is 1. The third-order valence-corrected chi connectivity index (χ3v) is 3.71. The highest BCUT2D eigenvalue weighted by atomic mass is 32.1. The molecule has 0 spiro atoms. The molecule has 1 aromatic rings. The van der Waals surface area contributed by atoms with Crippen molar-refractivity contribution >= 4 is 17.3 Å². The highest BCUT2D eigenvalue weighted by Crippen LogP contribution is 2.21. The number of hydrogen-bond acceptors (Lipinski definition) is 4. The maximum absolute atomic E-state index is 5.94. The minimum absolute atomic E-state index is 0.488. The fourth-order valence-electron chi connectivity index (χ4n) is 2.10. The van der Waals surface area contributed by atoms with E-state index in [0.29, 0.717) is 17.9 Å². The first kappa shape index (κ1) is 11.5. The molecular weight excluding hydrogens is 218 g/mol. The second-order valence-corrected chi connectivity index (χ2v) is 5.72. The molecule has 1 aliphatic rings. The first-order valence-corrected chi connectivity index (χ1v) is 6.63. The maximum atomic E-state index is 5.94. The van der Waals surface area contributed by atoms with Gasteiger partial charge in [-0.1, -0.05) is 19.9 Å². The molecule has 1 aromatic heterocycles. The number of hydrogen-bond donors (Lipinski definition) is 1. The molecular formula is C12H19N3S. The molecule has 0 aromatic carbocycles. The van der Waals surface area contributed by atoms with Crippen LogP contribution in [0.5, 0.6) is 0 Å². The van der Waals surface area contributed by atoms with E-state index in [9.17, 15) is 0 Å². The number of thiophene rings is 1. The van der Waals surface area contributed by atoms with Crippen molar-refractivity contribution in [3.63, 3.8) is 0 Å². The average molecular weight is 237 g/mol. The largest absolute Gasteiger partial charge is 0.370 e. The molecule has 3 nitrogen and oxygen atoms in total. The SMILES string of the molecule is CC(C)CC1CN=C(N)N1Cc1cccs1. The lowest BCUT2D eigenvalue weighted by Crippen LogP contribution is -2.40. The summed E-state index contributed by atoms with van der Waals surface area (Å²) in [6.07, 6.45) is 1.16. The Morgan fingerprint density at radius 3 is 3.06 bits per heavy atom. The standard InChI is InChI=1S/C12H19N3S/c1-9(2)6-10-7-14-12(13)15(10)8-11-4-3-5-16-11/h3-5,9-10H,6-8H2,1-2H3,(H2,13,14). The van der Waals surface area contributed by atoms with Crippen molar-refractivity contribution in [2.75, 3.05) is 6.54 Å². The van der Waals surface area contributed by atoms with Gasteiger partial charge in [0.2, 0.25) is 0 Å². The second-order valence-electron chi connectivity index (χ2n) is 4.69. The van der Waals surface area contributed by atoms with Gasteiger partial charge in [0.25, 0.3) is 0 Å². The summed E-state index contributed by atoms with van der Waals surface area (Å²) in [5, 5.41) is 2.11. The van der Waals surface area contributed by atoms with Crippen LogP contribution in [0.3, 0.4) is 0 Å². The molecule has 88 valence electrons. The molecule has 16 heavy (non-hydrogen) atoms. The smallest absolute Gasteiger partial charge is 0.191 e. The maximum Gasteiger partial charge on any atom is 0.191 e. The molecule has 2 N–H and O–H groups in total. The van der Waals surface area contributed by atoms with Crippen molar-refractivity contribution in [1.82, 2.24) is 4.90 Å². The van der Waals surface area contributed by atoms with E-state index < -0.39 is 0 Å². The Bertz CT molecular complexity index is 356. The number of nitrogens with zero attached hydrogens (tertiary/aromatic N) is 2. The van der Waals surface area contributed by atoms with E-state index in [0.717, 1.165) is 19.5 Å². The molecule has 0 aliphatic carbocycles. The lowest BCUT2D eigenvalue weighted by Gasteiger charge is -2.26. The van der Waals surface area contributed by atoms with E-state index in [4.69, 9.17) is 5.73 Å². The lowest BCUT2D eigenvalue weighted by atomic mass is 10.0. The van der Waals surface area contributed by atoms with Crippen LogP contribution in [0.15, 0.2) is 22.5 Å². The molecule has 0 fully saturated rings. The highest BCUT2D eigenvalue weighted by molar-refractivity contribution is 7.09. The summed E-state index contributed by atoms with van der Waals surface area (Å²) in [6.45, 7) is 6.26. The molecule has 0 saturated heterocycles. The van der Waals surface area contributed by atoms with Gasteiger partial charge in [-0.05, 0) is 23.8 Å². The minimum Gasteiger partial charge on any atom is -0.370 e. The molecule has 2 rings (SSSR count). The van der Waals surface area contributed by atoms with E-state index in [1.54, 1.807) is 11.3 Å². The van der Waals surface area contributed by atoms with E-state index in [1.165, 1.54) is 4.88 Å². The molecule has 0 radical (unpaired) electrons. The molecule has 1 aliphatic heterocycles. The van der Waals surface area contributed by atoms with Gasteiger partial charge in [-0.25, -0.2) is 0 Å². The van der Waals surface area contributed by atoms with Gasteiger partial charge < -0.3 is 10.6 Å². The Morgan fingerprint density at radius 2 is 2.44 bits per heavy atom. The summed E-state index contributed by atoms with van der Waals surface area (Å²) in [5.74, 6) is 1.40. The zero-order valence-corrected chi connectivity index (χ0v) is 10.7. The quantitative estimate of drug-likeness (QED) is 0.873. The highest BCUT2D eigenvalue weighted by Gasteiger charge is 2.26. The van der Waals surface area contributed by atoms with Gasteiger partial charge in [0.1, 0.15) is 0 Å². The Hall–Kier alpha value is -1.03. The monoisotopic (exact) mass is 237 g/mol. The van der Waals surface area contributed by atoms with Crippen LogP contribution in [0.1, 0.15) is 25.1 Å². The van der Waals surface area contributed by atoms with E-state index >= 15 is 0 Å². The van der Waals surface area contributed by atoms with Crippen LogP contribution in [0.2, 0.25) is 0 Å². The number of aliphatic imine (C=N–C) groups is 1. The topological polar surface area (TPSA) is 41.6 Å². The van der Waals surface area contributed by atoms with E-state index in [2.05, 4.69) is 41.3 Å². The van der Waals surface area contributed by atoms with Crippen LogP contribution in [-0.4, -0.2) is 23.4 Å². The van der Waals surface area contributed by atoms with Gasteiger partial charge in [0.05, 0.1) is 19.1 Å². The molecule has 0 saturated carbocycles. The molecule has 0 amide bonds. The predicted octanol–water partition coefficient (Wildman–Crippen LogP) is 2.29. The van der Waals surface area contributed by atoms with Gasteiger partial charge in [-0.15, -0.1) is 11.3 Å². The number of nitrogens with two attached hydrogens (primary N) is 1.